The summed E-state index contributed by atoms with van der Waals surface area (Å²) in [5.41, 5.74) is 11.7. The Kier molecular flexibility index (Phi) is 8.01. The van der Waals surface area contributed by atoms with Crippen molar-refractivity contribution in [3.63, 3.8) is 0 Å². The van der Waals surface area contributed by atoms with E-state index >= 15 is 0 Å². The maximum Gasteiger partial charge on any atom is 0.209 e. The van der Waals surface area contributed by atoms with Crippen molar-refractivity contribution in [3.8, 4) is 5.75 Å². The van der Waals surface area contributed by atoms with Crippen LogP contribution in [0, 0.1) is 6.92 Å². The van der Waals surface area contributed by atoms with Gasteiger partial charge < -0.3 is 9.64 Å². The Labute approximate surface area is 264 Å². The minimum atomic E-state index is -0.0634. The first-order valence-electron chi connectivity index (χ1n) is 16.4. The van der Waals surface area contributed by atoms with E-state index in [9.17, 15) is 0 Å². The molecule has 3 aromatic carbocycles. The van der Waals surface area contributed by atoms with Crippen LogP contribution in [0.2, 0.25) is 0 Å². The molecule has 0 spiro atoms. The number of anilines is 1. The fourth-order valence-corrected chi connectivity index (χ4v) is 7.40. The fourth-order valence-electron chi connectivity index (χ4n) is 7.40. The first-order valence-corrected chi connectivity index (χ1v) is 16.4. The third kappa shape index (κ3) is 5.17. The van der Waals surface area contributed by atoms with E-state index in [0.717, 1.165) is 43.9 Å². The highest BCUT2D eigenvalue weighted by atomic mass is 16.5. The lowest BCUT2D eigenvalue weighted by Crippen LogP contribution is -2.27. The number of nitrogens with zero attached hydrogens (tertiary/aromatic N) is 2. The summed E-state index contributed by atoms with van der Waals surface area (Å²) in [5, 5.41) is 0. The topological polar surface area (TPSA) is 15.5 Å². The molecule has 3 heteroatoms. The average molecular weight is 584 g/mol. The molecule has 2 heterocycles. The van der Waals surface area contributed by atoms with Crippen LogP contribution in [0.25, 0.3) is 0 Å². The second-order valence-corrected chi connectivity index (χ2v) is 13.4. The smallest absolute Gasteiger partial charge is 0.209 e. The summed E-state index contributed by atoms with van der Waals surface area (Å²) in [6.07, 6.45) is 12.5. The number of likely N-dealkylation sites (N-methyl/N-ethyl adjacent to an activating group) is 1. The van der Waals surface area contributed by atoms with E-state index in [4.69, 9.17) is 4.74 Å². The molecule has 226 valence electrons. The van der Waals surface area contributed by atoms with Gasteiger partial charge in [-0.2, -0.15) is 4.58 Å². The Morgan fingerprint density at radius 1 is 0.795 bits per heavy atom. The lowest BCUT2D eigenvalue weighted by Gasteiger charge is -2.26. The lowest BCUT2D eigenvalue weighted by atomic mass is 9.81. The van der Waals surface area contributed by atoms with Crippen molar-refractivity contribution in [2.75, 3.05) is 18.0 Å². The molecule has 2 aliphatic heterocycles. The van der Waals surface area contributed by atoms with Crippen LogP contribution in [-0.4, -0.2) is 23.4 Å². The maximum absolute atomic E-state index is 6.79. The molecule has 3 nitrogen and oxygen atoms in total. The Morgan fingerprint density at radius 2 is 1.50 bits per heavy atom. The quantitative estimate of drug-likeness (QED) is 0.257. The van der Waals surface area contributed by atoms with Crippen molar-refractivity contribution >= 4 is 17.1 Å². The molecular weight excluding hydrogens is 536 g/mol. The van der Waals surface area contributed by atoms with Gasteiger partial charge in [-0.15, -0.1) is 0 Å². The zero-order valence-electron chi connectivity index (χ0n) is 27.6. The van der Waals surface area contributed by atoms with Gasteiger partial charge >= 0.3 is 0 Å². The third-order valence-electron chi connectivity index (χ3n) is 9.83. The molecule has 0 N–H and O–H groups in total. The number of para-hydroxylation sites is 2. The van der Waals surface area contributed by atoms with Gasteiger partial charge in [-0.05, 0) is 101 Å². The van der Waals surface area contributed by atoms with Gasteiger partial charge in [-0.1, -0.05) is 74.0 Å². The Balaban J connectivity index is 1.44. The second kappa shape index (κ2) is 11.8. The molecule has 0 unspecified atom stereocenters. The zero-order valence-corrected chi connectivity index (χ0v) is 27.6. The normalized spacial score (nSPS) is 20.7. The third-order valence-corrected chi connectivity index (χ3v) is 9.83. The second-order valence-electron chi connectivity index (χ2n) is 13.4. The minimum Gasteiger partial charge on any atom is -0.457 e. The monoisotopic (exact) mass is 583 g/mol. The molecule has 0 amide bonds. The van der Waals surface area contributed by atoms with Crippen molar-refractivity contribution in [3.05, 3.63) is 136 Å². The number of ether oxygens (including phenoxy) is 1. The molecule has 0 saturated heterocycles. The number of allylic oxidation sites excluding steroid dienone is 7. The molecule has 3 aliphatic rings. The van der Waals surface area contributed by atoms with Crippen molar-refractivity contribution in [1.82, 2.24) is 0 Å². The van der Waals surface area contributed by atoms with Crippen LogP contribution in [0.4, 0.5) is 11.4 Å². The highest BCUT2D eigenvalue weighted by Gasteiger charge is 2.43. The molecule has 0 aromatic heterocycles. The van der Waals surface area contributed by atoms with Gasteiger partial charge in [-0.25, -0.2) is 0 Å². The van der Waals surface area contributed by atoms with E-state index in [1.54, 1.807) is 0 Å². The van der Waals surface area contributed by atoms with Crippen molar-refractivity contribution in [2.45, 2.75) is 78.6 Å². The Bertz CT molecular complexity index is 1730. The standard InChI is InChI=1S/C41H47N2O/c1-8-42-35-19-12-10-17-33(35)40(4,5)37(42)27-23-30-15-14-16-31(39(30)44-32-25-21-29(3)22-26-32)24-28-38-41(6,7)34-18-11-13-20-36(34)43(38)9-2/h10-13,17-28H,8-9,14-16H2,1-7H3/q+1. The van der Waals surface area contributed by atoms with E-state index in [1.807, 2.05) is 0 Å². The van der Waals surface area contributed by atoms with E-state index in [0.29, 0.717) is 0 Å². The van der Waals surface area contributed by atoms with Gasteiger partial charge in [0.15, 0.2) is 5.71 Å². The molecule has 0 bridgehead atoms. The first kappa shape index (κ1) is 29.9. The summed E-state index contributed by atoms with van der Waals surface area (Å²) in [6.45, 7) is 17.9. The number of rotatable bonds is 7. The first-order chi connectivity index (χ1) is 21.2. The molecule has 1 aliphatic carbocycles. The summed E-state index contributed by atoms with van der Waals surface area (Å²) < 4.78 is 9.26. The van der Waals surface area contributed by atoms with Crippen LogP contribution < -0.4 is 9.64 Å². The van der Waals surface area contributed by atoms with Crippen LogP contribution in [0.5, 0.6) is 5.75 Å². The highest BCUT2D eigenvalue weighted by molar-refractivity contribution is 6.03. The number of fused-ring (bicyclic) bond motifs is 2. The van der Waals surface area contributed by atoms with Crippen molar-refractivity contribution in [1.29, 1.82) is 0 Å². The van der Waals surface area contributed by atoms with Gasteiger partial charge in [-0.3, -0.25) is 0 Å². The van der Waals surface area contributed by atoms with Crippen molar-refractivity contribution in [2.24, 2.45) is 0 Å². The Morgan fingerprint density at radius 3 is 2.23 bits per heavy atom. The molecule has 44 heavy (non-hydrogen) atoms. The van der Waals surface area contributed by atoms with Gasteiger partial charge in [0.1, 0.15) is 18.1 Å². The lowest BCUT2D eigenvalue weighted by molar-refractivity contribution is -0.433. The van der Waals surface area contributed by atoms with Crippen LogP contribution >= 0.6 is 0 Å². The molecular formula is C41H47N2O+. The average Bonchev–Trinajstić information content (AvgIpc) is 3.38. The van der Waals surface area contributed by atoms with E-state index in [1.165, 1.54) is 50.6 Å². The van der Waals surface area contributed by atoms with E-state index in [-0.39, 0.29) is 10.8 Å². The van der Waals surface area contributed by atoms with Crippen LogP contribution in [-0.2, 0) is 10.8 Å². The number of benzene rings is 3. The predicted molar refractivity (Wildman–Crippen MR) is 185 cm³/mol. The van der Waals surface area contributed by atoms with Gasteiger partial charge in [0.05, 0.1) is 5.41 Å². The van der Waals surface area contributed by atoms with Gasteiger partial charge in [0.2, 0.25) is 5.69 Å². The van der Waals surface area contributed by atoms with E-state index < -0.39 is 0 Å². The van der Waals surface area contributed by atoms with Gasteiger partial charge in [0, 0.05) is 41.1 Å². The SMILES string of the molecule is CCN1C(=CC=C2CCCC(C=CC3=[N+](CC)c4ccccc4C3(C)C)=C2Oc2ccc(C)cc2)C(C)(C)c2ccccc21. The summed E-state index contributed by atoms with van der Waals surface area (Å²) in [7, 11) is 0. The molecule has 0 radical (unpaired) electrons. The molecule has 0 fully saturated rings. The summed E-state index contributed by atoms with van der Waals surface area (Å²) >= 11 is 0. The van der Waals surface area contributed by atoms with Crippen molar-refractivity contribution < 1.29 is 9.31 Å². The molecule has 0 saturated carbocycles. The zero-order chi connectivity index (χ0) is 31.1. The summed E-state index contributed by atoms with van der Waals surface area (Å²) in [5.74, 6) is 1.89. The van der Waals surface area contributed by atoms with E-state index in [2.05, 4.69) is 155 Å². The predicted octanol–water partition coefficient (Wildman–Crippen LogP) is 10.1. The largest absolute Gasteiger partial charge is 0.457 e. The molecule has 6 rings (SSSR count). The summed E-state index contributed by atoms with van der Waals surface area (Å²) in [6, 6.07) is 26.1. The van der Waals surface area contributed by atoms with Crippen LogP contribution in [0.15, 0.2) is 120 Å². The van der Waals surface area contributed by atoms with Crippen LogP contribution in [0.1, 0.15) is 77.5 Å². The summed E-state index contributed by atoms with van der Waals surface area (Å²) in [4.78, 5) is 2.47. The Hall–Kier alpha value is -4.11. The number of hydrogen-bond donors (Lipinski definition) is 0. The molecule has 3 aromatic rings. The number of hydrogen-bond acceptors (Lipinski definition) is 2. The minimum absolute atomic E-state index is 0.0634. The van der Waals surface area contributed by atoms with Gasteiger partial charge in [0.25, 0.3) is 0 Å². The highest BCUT2D eigenvalue weighted by Crippen LogP contribution is 2.47. The van der Waals surface area contributed by atoms with Crippen LogP contribution in [0.3, 0.4) is 0 Å². The molecule has 0 atom stereocenters. The fraction of sp³-hybridized carbons (Fsp3) is 0.341. The number of aryl methyl sites for hydroxylation is 1. The maximum atomic E-state index is 6.79.